The number of H-pyrrole nitrogens is 1. The number of fused-ring (bicyclic) bond motifs is 1. The van der Waals surface area contributed by atoms with Crippen molar-refractivity contribution in [1.82, 2.24) is 10.2 Å². The quantitative estimate of drug-likeness (QED) is 0.472. The van der Waals surface area contributed by atoms with Crippen LogP contribution in [0.15, 0.2) is 47.0 Å². The van der Waals surface area contributed by atoms with Crippen LogP contribution in [0, 0.1) is 12.7 Å². The SMILES string of the molecule is Cc1[nH]ncc1-c1cc2oc(-c3ccc(F)cc3)c(C(=O)O)c2cc1OC(C)C. The first-order valence-electron chi connectivity index (χ1n) is 9.12. The Hall–Kier alpha value is -3.61. The number of nitrogens with zero attached hydrogens (tertiary/aromatic N) is 1. The fraction of sp³-hybridized carbons (Fsp3) is 0.182. The number of aryl methyl sites for hydroxylation is 1. The second-order valence-electron chi connectivity index (χ2n) is 7.04. The van der Waals surface area contributed by atoms with Gasteiger partial charge in [-0.05, 0) is 57.2 Å². The highest BCUT2D eigenvalue weighted by molar-refractivity contribution is 6.09. The minimum absolute atomic E-state index is 0.00989. The molecule has 0 bridgehead atoms. The van der Waals surface area contributed by atoms with Gasteiger partial charge in [0, 0.05) is 27.8 Å². The van der Waals surface area contributed by atoms with Crippen molar-refractivity contribution in [3.05, 3.63) is 59.7 Å². The maximum atomic E-state index is 13.3. The number of carboxylic acids is 1. The topological polar surface area (TPSA) is 88.4 Å². The van der Waals surface area contributed by atoms with Crippen molar-refractivity contribution >= 4 is 16.9 Å². The normalized spacial score (nSPS) is 11.3. The molecule has 0 spiro atoms. The van der Waals surface area contributed by atoms with E-state index in [0.29, 0.717) is 22.3 Å². The van der Waals surface area contributed by atoms with Crippen LogP contribution in [0.3, 0.4) is 0 Å². The summed E-state index contributed by atoms with van der Waals surface area (Å²) in [7, 11) is 0. The molecule has 0 amide bonds. The van der Waals surface area contributed by atoms with Crippen molar-refractivity contribution in [2.75, 3.05) is 0 Å². The Bertz CT molecular complexity index is 1210. The second-order valence-corrected chi connectivity index (χ2v) is 7.04. The number of hydrogen-bond donors (Lipinski definition) is 2. The average Bonchev–Trinajstić information content (AvgIpc) is 3.24. The second kappa shape index (κ2) is 7.09. The van der Waals surface area contributed by atoms with Gasteiger partial charge in [-0.1, -0.05) is 0 Å². The molecule has 6 nitrogen and oxygen atoms in total. The number of rotatable bonds is 5. The van der Waals surface area contributed by atoms with Crippen LogP contribution in [0.1, 0.15) is 29.9 Å². The summed E-state index contributed by atoms with van der Waals surface area (Å²) in [5.41, 5.74) is 3.31. The first kappa shape index (κ1) is 18.7. The largest absolute Gasteiger partial charge is 0.490 e. The summed E-state index contributed by atoms with van der Waals surface area (Å²) in [4.78, 5) is 12.0. The first-order chi connectivity index (χ1) is 13.8. The smallest absolute Gasteiger partial charge is 0.340 e. The molecule has 0 unspecified atom stereocenters. The lowest BCUT2D eigenvalue weighted by molar-refractivity contribution is 0.0699. The number of ether oxygens (including phenoxy) is 1. The number of carboxylic acid groups (broad SMARTS) is 1. The Morgan fingerprint density at radius 1 is 1.21 bits per heavy atom. The number of aromatic nitrogens is 2. The van der Waals surface area contributed by atoms with E-state index in [0.717, 1.165) is 16.8 Å². The number of benzene rings is 2. The third kappa shape index (κ3) is 3.35. The molecule has 0 aliphatic heterocycles. The van der Waals surface area contributed by atoms with Gasteiger partial charge < -0.3 is 14.3 Å². The zero-order valence-corrected chi connectivity index (χ0v) is 16.1. The van der Waals surface area contributed by atoms with Crippen LogP contribution in [-0.4, -0.2) is 27.4 Å². The van der Waals surface area contributed by atoms with Crippen molar-refractivity contribution in [3.63, 3.8) is 0 Å². The zero-order valence-electron chi connectivity index (χ0n) is 16.1. The Morgan fingerprint density at radius 2 is 1.93 bits per heavy atom. The first-order valence-corrected chi connectivity index (χ1v) is 9.12. The summed E-state index contributed by atoms with van der Waals surface area (Å²) < 4.78 is 25.2. The van der Waals surface area contributed by atoms with Crippen LogP contribution in [0.5, 0.6) is 5.75 Å². The molecule has 0 atom stereocenters. The molecule has 7 heteroatoms. The van der Waals surface area contributed by atoms with Crippen molar-refractivity contribution in [2.45, 2.75) is 26.9 Å². The van der Waals surface area contributed by atoms with Crippen LogP contribution in [0.2, 0.25) is 0 Å². The Morgan fingerprint density at radius 3 is 2.52 bits per heavy atom. The highest BCUT2D eigenvalue weighted by Crippen LogP contribution is 2.41. The number of nitrogens with one attached hydrogen (secondary N) is 1. The Balaban J connectivity index is 2.01. The van der Waals surface area contributed by atoms with Gasteiger partial charge in [-0.3, -0.25) is 5.10 Å². The van der Waals surface area contributed by atoms with Crippen molar-refractivity contribution in [2.24, 2.45) is 0 Å². The molecule has 2 aromatic heterocycles. The molecule has 0 radical (unpaired) electrons. The molecule has 4 aromatic rings. The predicted molar refractivity (Wildman–Crippen MR) is 107 cm³/mol. The molecule has 2 heterocycles. The summed E-state index contributed by atoms with van der Waals surface area (Å²) in [6.07, 6.45) is 1.57. The summed E-state index contributed by atoms with van der Waals surface area (Å²) in [6.45, 7) is 5.68. The van der Waals surface area contributed by atoms with Crippen LogP contribution in [-0.2, 0) is 0 Å². The van der Waals surface area contributed by atoms with E-state index in [4.69, 9.17) is 9.15 Å². The van der Waals surface area contributed by atoms with Gasteiger partial charge in [0.1, 0.15) is 28.5 Å². The van der Waals surface area contributed by atoms with Gasteiger partial charge in [-0.15, -0.1) is 0 Å². The average molecular weight is 394 g/mol. The van der Waals surface area contributed by atoms with E-state index >= 15 is 0 Å². The van der Waals surface area contributed by atoms with Crippen LogP contribution < -0.4 is 4.74 Å². The number of aromatic amines is 1. The lowest BCUT2D eigenvalue weighted by atomic mass is 10.0. The minimum Gasteiger partial charge on any atom is -0.490 e. The summed E-state index contributed by atoms with van der Waals surface area (Å²) in [6, 6.07) is 8.95. The molecule has 0 fully saturated rings. The van der Waals surface area contributed by atoms with Crippen LogP contribution >= 0.6 is 0 Å². The maximum absolute atomic E-state index is 13.3. The van der Waals surface area contributed by atoms with Gasteiger partial charge in [0.25, 0.3) is 0 Å². The number of aromatic carboxylic acids is 1. The number of furan rings is 1. The summed E-state index contributed by atoms with van der Waals surface area (Å²) >= 11 is 0. The van der Waals surface area contributed by atoms with Crippen LogP contribution in [0.25, 0.3) is 33.4 Å². The van der Waals surface area contributed by atoms with Gasteiger partial charge in [0.2, 0.25) is 0 Å². The molecule has 0 saturated heterocycles. The Labute approximate surface area is 165 Å². The fourth-order valence-corrected chi connectivity index (χ4v) is 3.32. The minimum atomic E-state index is -1.13. The van der Waals surface area contributed by atoms with Gasteiger partial charge in [0.05, 0.1) is 12.3 Å². The van der Waals surface area contributed by atoms with Crippen LogP contribution in [0.4, 0.5) is 4.39 Å². The van der Waals surface area contributed by atoms with Crippen molar-refractivity contribution in [1.29, 1.82) is 0 Å². The molecule has 148 valence electrons. The molecule has 0 aliphatic carbocycles. The summed E-state index contributed by atoms with van der Waals surface area (Å²) in [5, 5.41) is 17.2. The Kier molecular flexibility index (Phi) is 4.58. The van der Waals surface area contributed by atoms with E-state index in [2.05, 4.69) is 10.2 Å². The maximum Gasteiger partial charge on any atom is 0.340 e. The van der Waals surface area contributed by atoms with E-state index in [-0.39, 0.29) is 17.4 Å². The van der Waals surface area contributed by atoms with E-state index < -0.39 is 11.8 Å². The third-order valence-corrected chi connectivity index (χ3v) is 4.59. The number of carbonyl (C=O) groups is 1. The predicted octanol–water partition coefficient (Wildman–Crippen LogP) is 5.42. The van der Waals surface area contributed by atoms with E-state index in [1.807, 2.05) is 20.8 Å². The molecular formula is C22H19FN2O4. The number of hydrogen-bond acceptors (Lipinski definition) is 4. The highest BCUT2D eigenvalue weighted by Gasteiger charge is 2.24. The van der Waals surface area contributed by atoms with E-state index in [1.54, 1.807) is 18.3 Å². The van der Waals surface area contributed by atoms with Gasteiger partial charge >= 0.3 is 5.97 Å². The number of halogens is 1. The van der Waals surface area contributed by atoms with Crippen molar-refractivity contribution in [3.8, 4) is 28.2 Å². The van der Waals surface area contributed by atoms with Gasteiger partial charge in [-0.2, -0.15) is 5.10 Å². The highest BCUT2D eigenvalue weighted by atomic mass is 19.1. The standard InChI is InChI=1S/C22H19FN2O4/c1-11(2)28-18-9-16-19(8-15(18)17-10-24-25-12(17)3)29-21(20(16)22(26)27)13-4-6-14(23)7-5-13/h4-11H,1-3H3,(H,24,25)(H,26,27). The molecule has 4 rings (SSSR count). The molecule has 29 heavy (non-hydrogen) atoms. The zero-order chi connectivity index (χ0) is 20.7. The fourth-order valence-electron chi connectivity index (χ4n) is 3.32. The molecule has 2 N–H and O–H groups in total. The van der Waals surface area contributed by atoms with Gasteiger partial charge in [-0.25, -0.2) is 9.18 Å². The van der Waals surface area contributed by atoms with Gasteiger partial charge in [0.15, 0.2) is 0 Å². The van der Waals surface area contributed by atoms with Crippen molar-refractivity contribution < 1.29 is 23.4 Å². The third-order valence-electron chi connectivity index (χ3n) is 4.59. The lowest BCUT2D eigenvalue weighted by Crippen LogP contribution is -2.07. The molecule has 0 saturated carbocycles. The molecular weight excluding hydrogens is 375 g/mol. The summed E-state index contributed by atoms with van der Waals surface area (Å²) in [5.74, 6) is -0.840. The molecule has 0 aliphatic rings. The molecule has 2 aromatic carbocycles. The van der Waals surface area contributed by atoms with E-state index in [1.165, 1.54) is 24.3 Å². The van der Waals surface area contributed by atoms with E-state index in [9.17, 15) is 14.3 Å². The lowest BCUT2D eigenvalue weighted by Gasteiger charge is -2.14. The monoisotopic (exact) mass is 394 g/mol.